The van der Waals surface area contributed by atoms with Crippen LogP contribution >= 0.6 is 0 Å². The maximum Gasteiger partial charge on any atom is 0.123 e. The van der Waals surface area contributed by atoms with E-state index in [-0.39, 0.29) is 5.92 Å². The number of nitriles is 1. The van der Waals surface area contributed by atoms with Gasteiger partial charge in [-0.2, -0.15) is 5.26 Å². The number of nitrogens with zero attached hydrogens (tertiary/aromatic N) is 1. The van der Waals surface area contributed by atoms with E-state index < -0.39 is 0 Å². The van der Waals surface area contributed by atoms with Gasteiger partial charge in [0.1, 0.15) is 5.75 Å². The molecule has 1 rings (SSSR count). The molecule has 0 aliphatic heterocycles. The summed E-state index contributed by atoms with van der Waals surface area (Å²) >= 11 is 0. The van der Waals surface area contributed by atoms with Gasteiger partial charge in [-0.25, -0.2) is 0 Å². The van der Waals surface area contributed by atoms with Gasteiger partial charge in [0.2, 0.25) is 0 Å². The molecule has 0 spiro atoms. The van der Waals surface area contributed by atoms with Crippen molar-refractivity contribution >= 4 is 0 Å². The molecule has 0 radical (unpaired) electrons. The van der Waals surface area contributed by atoms with Crippen LogP contribution in [-0.4, -0.2) is 7.11 Å². The van der Waals surface area contributed by atoms with E-state index in [0.717, 1.165) is 11.3 Å². The van der Waals surface area contributed by atoms with Crippen LogP contribution in [0.5, 0.6) is 5.75 Å². The Morgan fingerprint density at radius 1 is 1.42 bits per heavy atom. The van der Waals surface area contributed by atoms with Gasteiger partial charge in [0.05, 0.1) is 19.1 Å². The molecule has 1 aromatic rings. The molecule has 1 atom stereocenters. The summed E-state index contributed by atoms with van der Waals surface area (Å²) in [6.45, 7) is 1.86. The van der Waals surface area contributed by atoms with Crippen LogP contribution in [0.4, 0.5) is 0 Å². The van der Waals surface area contributed by atoms with Crippen molar-refractivity contribution in [2.75, 3.05) is 7.11 Å². The summed E-state index contributed by atoms with van der Waals surface area (Å²) in [6.07, 6.45) is 0. The maximum atomic E-state index is 8.70. The molecule has 1 aromatic carbocycles. The predicted molar refractivity (Wildman–Crippen MR) is 47.0 cm³/mol. The Balaban J connectivity index is 3.06. The molecular formula is C10H11NO. The van der Waals surface area contributed by atoms with E-state index in [4.69, 9.17) is 10.00 Å². The lowest BCUT2D eigenvalue weighted by molar-refractivity contribution is 0.409. The number of ether oxygens (including phenoxy) is 1. The van der Waals surface area contributed by atoms with Crippen LogP contribution in [0.25, 0.3) is 0 Å². The summed E-state index contributed by atoms with van der Waals surface area (Å²) < 4.78 is 5.12. The van der Waals surface area contributed by atoms with E-state index in [2.05, 4.69) is 6.07 Å². The lowest BCUT2D eigenvalue weighted by Crippen LogP contribution is -1.94. The number of para-hydroxylation sites is 1. The molecule has 0 aromatic heterocycles. The second-order valence-electron chi connectivity index (χ2n) is 2.59. The fourth-order valence-corrected chi connectivity index (χ4v) is 1.09. The summed E-state index contributed by atoms with van der Waals surface area (Å²) in [4.78, 5) is 0. The van der Waals surface area contributed by atoms with Crippen molar-refractivity contribution in [2.24, 2.45) is 0 Å². The second kappa shape index (κ2) is 3.77. The normalized spacial score (nSPS) is 11.8. The van der Waals surface area contributed by atoms with Crippen molar-refractivity contribution in [1.82, 2.24) is 0 Å². The largest absolute Gasteiger partial charge is 0.496 e. The molecule has 2 heteroatoms. The van der Waals surface area contributed by atoms with Gasteiger partial charge in [-0.1, -0.05) is 18.2 Å². The average molecular weight is 161 g/mol. The standard InChI is InChI=1S/C10H11NO/c1-8(7-11)9-5-3-4-6-10(9)12-2/h3-6,8H,1-2H3/t8-/m1/s1. The summed E-state index contributed by atoms with van der Waals surface area (Å²) in [5.74, 6) is 0.674. The van der Waals surface area contributed by atoms with Gasteiger partial charge < -0.3 is 4.74 Å². The first kappa shape index (κ1) is 8.61. The van der Waals surface area contributed by atoms with Crippen molar-refractivity contribution < 1.29 is 4.74 Å². The molecule has 0 bridgehead atoms. The number of hydrogen-bond acceptors (Lipinski definition) is 2. The topological polar surface area (TPSA) is 33.0 Å². The molecule has 0 amide bonds. The van der Waals surface area contributed by atoms with E-state index in [1.54, 1.807) is 7.11 Å². The van der Waals surface area contributed by atoms with Gasteiger partial charge in [0.15, 0.2) is 0 Å². The first-order chi connectivity index (χ1) is 5.79. The zero-order chi connectivity index (χ0) is 8.97. The average Bonchev–Trinajstić information content (AvgIpc) is 2.16. The summed E-state index contributed by atoms with van der Waals surface area (Å²) in [6, 6.07) is 9.75. The van der Waals surface area contributed by atoms with Crippen LogP contribution < -0.4 is 4.74 Å². The van der Waals surface area contributed by atoms with E-state index in [0.29, 0.717) is 0 Å². The molecule has 12 heavy (non-hydrogen) atoms. The fourth-order valence-electron chi connectivity index (χ4n) is 1.09. The Bertz CT molecular complexity index is 301. The third kappa shape index (κ3) is 1.57. The number of benzene rings is 1. The van der Waals surface area contributed by atoms with Gasteiger partial charge in [-0.3, -0.25) is 0 Å². The van der Waals surface area contributed by atoms with Crippen LogP contribution in [-0.2, 0) is 0 Å². The lowest BCUT2D eigenvalue weighted by Gasteiger charge is -2.08. The molecule has 0 heterocycles. The highest BCUT2D eigenvalue weighted by Gasteiger charge is 2.08. The summed E-state index contributed by atoms with van der Waals surface area (Å²) in [5.41, 5.74) is 0.947. The number of methoxy groups -OCH3 is 1. The van der Waals surface area contributed by atoms with Crippen molar-refractivity contribution in [3.8, 4) is 11.8 Å². The Kier molecular flexibility index (Phi) is 2.71. The van der Waals surface area contributed by atoms with Crippen molar-refractivity contribution in [1.29, 1.82) is 5.26 Å². The molecule has 0 N–H and O–H groups in total. The van der Waals surface area contributed by atoms with Crippen LogP contribution in [0.1, 0.15) is 18.4 Å². The van der Waals surface area contributed by atoms with Crippen molar-refractivity contribution in [2.45, 2.75) is 12.8 Å². The molecular weight excluding hydrogens is 150 g/mol. The predicted octanol–water partition coefficient (Wildman–Crippen LogP) is 2.32. The number of rotatable bonds is 2. The highest BCUT2D eigenvalue weighted by Crippen LogP contribution is 2.24. The van der Waals surface area contributed by atoms with Crippen molar-refractivity contribution in [3.05, 3.63) is 29.8 Å². The lowest BCUT2D eigenvalue weighted by atomic mass is 10.0. The minimum absolute atomic E-state index is 0.110. The van der Waals surface area contributed by atoms with E-state index in [9.17, 15) is 0 Å². The minimum Gasteiger partial charge on any atom is -0.496 e. The van der Waals surface area contributed by atoms with Gasteiger partial charge in [0, 0.05) is 5.56 Å². The first-order valence-electron chi connectivity index (χ1n) is 3.82. The highest BCUT2D eigenvalue weighted by atomic mass is 16.5. The molecule has 0 aliphatic rings. The minimum atomic E-state index is -0.110. The third-order valence-corrected chi connectivity index (χ3v) is 1.80. The third-order valence-electron chi connectivity index (χ3n) is 1.80. The van der Waals surface area contributed by atoms with E-state index in [1.807, 2.05) is 31.2 Å². The Morgan fingerprint density at radius 2 is 2.08 bits per heavy atom. The van der Waals surface area contributed by atoms with Gasteiger partial charge >= 0.3 is 0 Å². The smallest absolute Gasteiger partial charge is 0.123 e. The van der Waals surface area contributed by atoms with Gasteiger partial charge in [0.25, 0.3) is 0 Å². The van der Waals surface area contributed by atoms with Crippen LogP contribution in [0.2, 0.25) is 0 Å². The molecule has 0 fully saturated rings. The van der Waals surface area contributed by atoms with E-state index in [1.165, 1.54) is 0 Å². The van der Waals surface area contributed by atoms with Gasteiger partial charge in [-0.05, 0) is 13.0 Å². The molecule has 0 aliphatic carbocycles. The Labute approximate surface area is 72.4 Å². The zero-order valence-electron chi connectivity index (χ0n) is 7.24. The summed E-state index contributed by atoms with van der Waals surface area (Å²) in [5, 5.41) is 8.70. The van der Waals surface area contributed by atoms with Crippen LogP contribution in [0, 0.1) is 11.3 Å². The van der Waals surface area contributed by atoms with Crippen LogP contribution in [0.15, 0.2) is 24.3 Å². The molecule has 0 saturated heterocycles. The zero-order valence-corrected chi connectivity index (χ0v) is 7.24. The fraction of sp³-hybridized carbons (Fsp3) is 0.300. The SMILES string of the molecule is COc1ccccc1[C@H](C)C#N. The van der Waals surface area contributed by atoms with Crippen LogP contribution in [0.3, 0.4) is 0 Å². The monoisotopic (exact) mass is 161 g/mol. The van der Waals surface area contributed by atoms with E-state index >= 15 is 0 Å². The Morgan fingerprint density at radius 3 is 2.67 bits per heavy atom. The maximum absolute atomic E-state index is 8.70. The summed E-state index contributed by atoms with van der Waals surface area (Å²) in [7, 11) is 1.61. The van der Waals surface area contributed by atoms with Gasteiger partial charge in [-0.15, -0.1) is 0 Å². The second-order valence-corrected chi connectivity index (χ2v) is 2.59. The quantitative estimate of drug-likeness (QED) is 0.666. The highest BCUT2D eigenvalue weighted by molar-refractivity contribution is 5.38. The van der Waals surface area contributed by atoms with Crippen molar-refractivity contribution in [3.63, 3.8) is 0 Å². The molecule has 0 saturated carbocycles. The molecule has 62 valence electrons. The molecule has 2 nitrogen and oxygen atoms in total. The molecule has 0 unspecified atom stereocenters. The number of hydrogen-bond donors (Lipinski definition) is 0. The Hall–Kier alpha value is -1.49. The first-order valence-corrected chi connectivity index (χ1v) is 3.82.